The van der Waals surface area contributed by atoms with Crippen LogP contribution in [0.3, 0.4) is 0 Å². The molecule has 4 aliphatic carbocycles. The first-order valence-electron chi connectivity index (χ1n) is 11.8. The summed E-state index contributed by atoms with van der Waals surface area (Å²) in [7, 11) is 3.82. The van der Waals surface area contributed by atoms with Crippen LogP contribution in [-0.4, -0.2) is 41.0 Å². The van der Waals surface area contributed by atoms with E-state index in [0.717, 1.165) is 62.0 Å². The molecule has 1 aliphatic heterocycles. The number of guanidine groups is 1. The molecule has 1 spiro atoms. The van der Waals surface area contributed by atoms with Crippen molar-refractivity contribution in [1.29, 1.82) is 0 Å². The molecule has 7 atom stereocenters. The van der Waals surface area contributed by atoms with Gasteiger partial charge in [0.1, 0.15) is 0 Å². The highest BCUT2D eigenvalue weighted by molar-refractivity contribution is 8.76. The van der Waals surface area contributed by atoms with Gasteiger partial charge in [0.15, 0.2) is 11.7 Å². The normalized spacial score (nSPS) is 44.5. The van der Waals surface area contributed by atoms with Crippen LogP contribution in [0.25, 0.3) is 0 Å². The van der Waals surface area contributed by atoms with Crippen molar-refractivity contribution in [2.75, 3.05) is 18.1 Å². The van der Waals surface area contributed by atoms with Gasteiger partial charge in [-0.2, -0.15) is 0 Å². The van der Waals surface area contributed by atoms with E-state index in [2.05, 4.69) is 24.1 Å². The van der Waals surface area contributed by atoms with Crippen molar-refractivity contribution in [3.63, 3.8) is 0 Å². The molecule has 7 heteroatoms. The number of carbonyl (C=O) groups excluding carboxylic acids is 1. The number of hydrogen-bond donors (Lipinski definition) is 3. The lowest BCUT2D eigenvalue weighted by atomic mass is 9.44. The van der Waals surface area contributed by atoms with Gasteiger partial charge >= 0.3 is 0 Å². The van der Waals surface area contributed by atoms with Gasteiger partial charge in [0.25, 0.3) is 0 Å². The van der Waals surface area contributed by atoms with E-state index in [9.17, 15) is 9.90 Å². The van der Waals surface area contributed by atoms with Crippen LogP contribution in [0.15, 0.2) is 28.3 Å². The summed E-state index contributed by atoms with van der Waals surface area (Å²) in [5, 5.41) is 10.3. The molecular weight excluding hydrogens is 426 g/mol. The minimum Gasteiger partial charge on any atom is -0.396 e. The molecule has 0 aromatic rings. The Bertz CT molecular complexity index is 852. The summed E-state index contributed by atoms with van der Waals surface area (Å²) in [4.78, 5) is 18.3. The number of hydrogen-bond acceptors (Lipinski definition) is 5. The molecule has 0 aromatic carbocycles. The summed E-state index contributed by atoms with van der Waals surface area (Å²) >= 11 is 0. The first kappa shape index (κ1) is 21.9. The fourth-order valence-corrected chi connectivity index (χ4v) is 10.6. The second kappa shape index (κ2) is 8.14. The average molecular weight is 462 g/mol. The van der Waals surface area contributed by atoms with E-state index in [4.69, 9.17) is 11.5 Å². The average Bonchev–Trinajstić information content (AvgIpc) is 3.03. The van der Waals surface area contributed by atoms with Crippen LogP contribution in [0.1, 0.15) is 51.9 Å². The van der Waals surface area contributed by atoms with Crippen molar-refractivity contribution in [1.82, 2.24) is 0 Å². The number of aliphatic hydroxyl groups excluding tert-OH is 1. The SMILES string of the molecule is CC12CCSSCC(N=C(N)N)CCCC3=C4CC1CC(CO)C1CC=CC(C3=O)C412. The molecule has 0 amide bonds. The van der Waals surface area contributed by atoms with E-state index >= 15 is 0 Å². The van der Waals surface area contributed by atoms with Crippen LogP contribution in [0.4, 0.5) is 0 Å². The molecule has 31 heavy (non-hydrogen) atoms. The molecule has 7 unspecified atom stereocenters. The number of nitrogens with zero attached hydrogens (tertiary/aromatic N) is 1. The molecule has 2 saturated carbocycles. The highest BCUT2D eigenvalue weighted by atomic mass is 33.1. The van der Waals surface area contributed by atoms with E-state index in [1.807, 2.05) is 21.6 Å². The van der Waals surface area contributed by atoms with Gasteiger partial charge in [0.05, 0.1) is 12.0 Å². The number of aliphatic imine (C=N–C) groups is 1. The number of Topliss-reactive ketones (excluding diaryl/α,β-unsaturated/α-hetero) is 1. The highest BCUT2D eigenvalue weighted by Crippen LogP contribution is 2.77. The molecule has 5 nitrogen and oxygen atoms in total. The quantitative estimate of drug-likeness (QED) is 0.251. The third kappa shape index (κ3) is 3.09. The van der Waals surface area contributed by atoms with Crippen molar-refractivity contribution >= 4 is 33.3 Å². The summed E-state index contributed by atoms with van der Waals surface area (Å²) in [6.45, 7) is 2.74. The Morgan fingerprint density at radius 1 is 1.35 bits per heavy atom. The van der Waals surface area contributed by atoms with Crippen molar-refractivity contribution in [2.45, 2.75) is 57.9 Å². The summed E-state index contributed by atoms with van der Waals surface area (Å²) in [5.41, 5.74) is 14.0. The topological polar surface area (TPSA) is 102 Å². The van der Waals surface area contributed by atoms with Gasteiger partial charge in [-0.1, -0.05) is 46.2 Å². The minimum absolute atomic E-state index is 0.0188. The number of nitrogens with two attached hydrogens (primary N) is 2. The summed E-state index contributed by atoms with van der Waals surface area (Å²) in [6.07, 6.45) is 11.5. The van der Waals surface area contributed by atoms with Crippen LogP contribution >= 0.6 is 21.6 Å². The van der Waals surface area contributed by atoms with Crippen LogP contribution in [0.5, 0.6) is 0 Å². The molecule has 170 valence electrons. The van der Waals surface area contributed by atoms with Crippen LogP contribution < -0.4 is 11.5 Å². The standard InChI is InChI=1S/C24H35N3O2S2/c1-23-8-9-30-31-13-16(27-22(25)26)4-2-5-17-20-11-15(23)10-14(12-28)18-6-3-7-19(21(17)29)24(18,20)23/h3,7,14-16,18-19,28H,2,4-6,8-13H2,1H3,(H4,25,26,27). The third-order valence-corrected chi connectivity index (χ3v) is 11.7. The van der Waals surface area contributed by atoms with E-state index in [1.54, 1.807) is 0 Å². The van der Waals surface area contributed by atoms with Crippen molar-refractivity contribution in [2.24, 2.45) is 51.0 Å². The van der Waals surface area contributed by atoms with E-state index in [0.29, 0.717) is 23.5 Å². The van der Waals surface area contributed by atoms with Gasteiger partial charge in [-0.25, -0.2) is 4.99 Å². The van der Waals surface area contributed by atoms with Crippen molar-refractivity contribution in [3.05, 3.63) is 23.3 Å². The predicted octanol–water partition coefficient (Wildman–Crippen LogP) is 3.68. The fourth-order valence-electron chi connectivity index (χ4n) is 8.12. The van der Waals surface area contributed by atoms with Gasteiger partial charge in [-0.15, -0.1) is 0 Å². The molecule has 1 heterocycles. The highest BCUT2D eigenvalue weighted by Gasteiger charge is 2.73. The van der Waals surface area contributed by atoms with E-state index in [1.165, 1.54) is 5.57 Å². The molecule has 5 rings (SSSR count). The molecule has 0 radical (unpaired) electrons. The molecular formula is C24H35N3O2S2. The number of aliphatic hydroxyl groups is 1. The maximum absolute atomic E-state index is 13.8. The Kier molecular flexibility index (Phi) is 5.75. The fraction of sp³-hybridized carbons (Fsp3) is 0.750. The summed E-state index contributed by atoms with van der Waals surface area (Å²) < 4.78 is 0. The zero-order chi connectivity index (χ0) is 21.8. The number of rotatable bonds is 2. The lowest BCUT2D eigenvalue weighted by Gasteiger charge is -2.59. The van der Waals surface area contributed by atoms with Crippen molar-refractivity contribution in [3.8, 4) is 0 Å². The minimum atomic E-state index is -0.0665. The second-order valence-electron chi connectivity index (χ2n) is 10.4. The van der Waals surface area contributed by atoms with Crippen LogP contribution in [-0.2, 0) is 4.79 Å². The van der Waals surface area contributed by atoms with E-state index in [-0.39, 0.29) is 35.4 Å². The van der Waals surface area contributed by atoms with Gasteiger partial charge in [0.2, 0.25) is 0 Å². The molecule has 0 saturated heterocycles. The Morgan fingerprint density at radius 3 is 2.97 bits per heavy atom. The Morgan fingerprint density at radius 2 is 2.19 bits per heavy atom. The number of allylic oxidation sites excluding steroid dienone is 4. The van der Waals surface area contributed by atoms with Crippen LogP contribution in [0.2, 0.25) is 0 Å². The monoisotopic (exact) mass is 461 g/mol. The number of carbonyl (C=O) groups is 1. The Balaban J connectivity index is 1.58. The maximum Gasteiger partial charge on any atom is 0.186 e. The molecule has 2 fully saturated rings. The first-order valence-corrected chi connectivity index (χ1v) is 14.3. The lowest BCUT2D eigenvalue weighted by molar-refractivity contribution is -0.134. The Hall–Kier alpha value is -0.920. The predicted molar refractivity (Wildman–Crippen MR) is 130 cm³/mol. The van der Waals surface area contributed by atoms with Gasteiger partial charge in [-0.05, 0) is 73.7 Å². The first-order chi connectivity index (χ1) is 14.9. The molecule has 5 aliphatic rings. The third-order valence-electron chi connectivity index (χ3n) is 9.27. The molecule has 5 N–H and O–H groups in total. The van der Waals surface area contributed by atoms with Gasteiger partial charge in [-0.3, -0.25) is 4.79 Å². The number of ketones is 1. The zero-order valence-electron chi connectivity index (χ0n) is 18.4. The smallest absolute Gasteiger partial charge is 0.186 e. The van der Waals surface area contributed by atoms with Crippen molar-refractivity contribution < 1.29 is 9.90 Å². The van der Waals surface area contributed by atoms with Gasteiger partial charge in [0, 0.05) is 23.5 Å². The van der Waals surface area contributed by atoms with E-state index < -0.39 is 0 Å². The molecule has 5 bridgehead atoms. The second-order valence-corrected chi connectivity index (χ2v) is 13.0. The Labute approximate surface area is 193 Å². The zero-order valence-corrected chi connectivity index (χ0v) is 20.0. The lowest BCUT2D eigenvalue weighted by Crippen LogP contribution is -2.57. The largest absolute Gasteiger partial charge is 0.396 e. The summed E-state index contributed by atoms with van der Waals surface area (Å²) in [5.74, 6) is 3.80. The maximum atomic E-state index is 13.8. The molecule has 0 aromatic heterocycles. The summed E-state index contributed by atoms with van der Waals surface area (Å²) in [6, 6.07) is 0.115. The van der Waals surface area contributed by atoms with Crippen LogP contribution in [0, 0.1) is 34.5 Å². The van der Waals surface area contributed by atoms with Gasteiger partial charge < -0.3 is 16.6 Å².